The molecule has 1 N–H and O–H groups in total. The van der Waals surface area contributed by atoms with Gasteiger partial charge < -0.3 is 4.74 Å². The highest BCUT2D eigenvalue weighted by Crippen LogP contribution is 2.22. The molecule has 22 heavy (non-hydrogen) atoms. The molecule has 0 saturated carbocycles. The molecule has 0 spiro atoms. The van der Waals surface area contributed by atoms with Crippen molar-refractivity contribution in [1.82, 2.24) is 5.43 Å². The number of amides is 1. The Kier molecular flexibility index (Phi) is 5.21. The van der Waals surface area contributed by atoms with E-state index in [1.807, 2.05) is 19.1 Å². The smallest absolute Gasteiger partial charge is 0.324 e. The van der Waals surface area contributed by atoms with Crippen LogP contribution in [0.25, 0.3) is 0 Å². The lowest BCUT2D eigenvalue weighted by Crippen LogP contribution is -2.24. The molecule has 0 saturated heterocycles. The molecule has 2 aromatic rings. The molecule has 0 radical (unpaired) electrons. The molecule has 1 aromatic heterocycles. The Hall–Kier alpha value is -2.74. The van der Waals surface area contributed by atoms with Crippen molar-refractivity contribution in [2.24, 2.45) is 5.10 Å². The number of ether oxygens (including phenoxy) is 1. The number of nitro groups is 1. The zero-order valence-corrected chi connectivity index (χ0v) is 12.5. The largest absolute Gasteiger partial charge is 0.484 e. The third-order valence-electron chi connectivity index (χ3n) is 2.56. The molecular weight excluding hydrogens is 306 g/mol. The van der Waals surface area contributed by atoms with Crippen LogP contribution in [0, 0.1) is 17.0 Å². The minimum atomic E-state index is -0.476. The van der Waals surface area contributed by atoms with Crippen molar-refractivity contribution >= 4 is 28.5 Å². The first-order valence-corrected chi connectivity index (χ1v) is 7.12. The number of nitrogens with zero attached hydrogens (tertiary/aromatic N) is 2. The van der Waals surface area contributed by atoms with E-state index >= 15 is 0 Å². The highest BCUT2D eigenvalue weighted by atomic mass is 32.1. The van der Waals surface area contributed by atoms with Gasteiger partial charge in [0.05, 0.1) is 16.0 Å². The van der Waals surface area contributed by atoms with E-state index < -0.39 is 10.8 Å². The molecule has 0 unspecified atom stereocenters. The van der Waals surface area contributed by atoms with Crippen LogP contribution in [0.5, 0.6) is 5.75 Å². The van der Waals surface area contributed by atoms with Gasteiger partial charge >= 0.3 is 5.00 Å². The lowest BCUT2D eigenvalue weighted by atomic mass is 10.2. The molecule has 0 aliphatic rings. The third-order valence-corrected chi connectivity index (χ3v) is 3.54. The van der Waals surface area contributed by atoms with Gasteiger partial charge in [-0.15, -0.1) is 0 Å². The fraction of sp³-hybridized carbons (Fsp3) is 0.143. The van der Waals surface area contributed by atoms with E-state index in [9.17, 15) is 14.9 Å². The summed E-state index contributed by atoms with van der Waals surface area (Å²) in [5, 5.41) is 14.3. The summed E-state index contributed by atoms with van der Waals surface area (Å²) in [6.45, 7) is 1.80. The SMILES string of the molecule is Cc1ccc(OCC(=O)N/N=C/c2ccc([N+](=O)[O-])s2)cc1. The maximum absolute atomic E-state index is 11.5. The van der Waals surface area contributed by atoms with Crippen LogP contribution in [0.2, 0.25) is 0 Å². The van der Waals surface area contributed by atoms with Crippen molar-refractivity contribution in [3.05, 3.63) is 57.0 Å². The van der Waals surface area contributed by atoms with Gasteiger partial charge in [-0.3, -0.25) is 14.9 Å². The van der Waals surface area contributed by atoms with Gasteiger partial charge in [0.1, 0.15) is 5.75 Å². The standard InChI is InChI=1S/C14H13N3O4S/c1-10-2-4-11(5-3-10)21-9-13(18)16-15-8-12-6-7-14(22-12)17(19)20/h2-8H,9H2,1H3,(H,16,18)/b15-8+. The molecule has 114 valence electrons. The summed E-state index contributed by atoms with van der Waals surface area (Å²) >= 11 is 0.973. The lowest BCUT2D eigenvalue weighted by Gasteiger charge is -2.04. The quantitative estimate of drug-likeness (QED) is 0.503. The number of hydrazone groups is 1. The number of rotatable bonds is 6. The van der Waals surface area contributed by atoms with Gasteiger partial charge in [-0.05, 0) is 25.1 Å². The molecule has 1 heterocycles. The third kappa shape index (κ3) is 4.67. The van der Waals surface area contributed by atoms with Gasteiger partial charge in [-0.2, -0.15) is 5.10 Å². The highest BCUT2D eigenvalue weighted by molar-refractivity contribution is 7.16. The van der Waals surface area contributed by atoms with E-state index in [-0.39, 0.29) is 11.6 Å². The fourth-order valence-corrected chi connectivity index (χ4v) is 2.19. The fourth-order valence-electron chi connectivity index (χ4n) is 1.49. The predicted molar refractivity (Wildman–Crippen MR) is 83.4 cm³/mol. The number of benzene rings is 1. The number of hydrogen-bond donors (Lipinski definition) is 1. The number of hydrogen-bond acceptors (Lipinski definition) is 6. The maximum Gasteiger partial charge on any atom is 0.324 e. The average Bonchev–Trinajstić information content (AvgIpc) is 2.96. The Balaban J connectivity index is 1.78. The van der Waals surface area contributed by atoms with Crippen LogP contribution in [0.4, 0.5) is 5.00 Å². The first-order valence-electron chi connectivity index (χ1n) is 6.30. The van der Waals surface area contributed by atoms with E-state index in [2.05, 4.69) is 10.5 Å². The molecule has 0 atom stereocenters. The molecular formula is C14H13N3O4S. The average molecular weight is 319 g/mol. The van der Waals surface area contributed by atoms with Crippen LogP contribution in [0.15, 0.2) is 41.5 Å². The zero-order chi connectivity index (χ0) is 15.9. The zero-order valence-electron chi connectivity index (χ0n) is 11.7. The van der Waals surface area contributed by atoms with Crippen molar-refractivity contribution in [3.63, 3.8) is 0 Å². The molecule has 0 bridgehead atoms. The summed E-state index contributed by atoms with van der Waals surface area (Å²) in [6, 6.07) is 10.3. The normalized spacial score (nSPS) is 10.6. The minimum Gasteiger partial charge on any atom is -0.484 e. The Bertz CT molecular complexity index is 694. The Labute approximate surface area is 130 Å². The van der Waals surface area contributed by atoms with Crippen LogP contribution in [-0.4, -0.2) is 23.7 Å². The van der Waals surface area contributed by atoms with Gasteiger partial charge in [-0.25, -0.2) is 5.43 Å². The molecule has 1 aromatic carbocycles. The summed E-state index contributed by atoms with van der Waals surface area (Å²) in [5.41, 5.74) is 3.40. The number of thiophene rings is 1. The van der Waals surface area contributed by atoms with Gasteiger partial charge in [0, 0.05) is 6.07 Å². The predicted octanol–water partition coefficient (Wildman–Crippen LogP) is 2.49. The topological polar surface area (TPSA) is 93.8 Å². The summed E-state index contributed by atoms with van der Waals surface area (Å²) < 4.78 is 5.29. The summed E-state index contributed by atoms with van der Waals surface area (Å²) in [7, 11) is 0. The van der Waals surface area contributed by atoms with Crippen molar-refractivity contribution in [3.8, 4) is 5.75 Å². The van der Waals surface area contributed by atoms with E-state index in [4.69, 9.17) is 4.74 Å². The molecule has 0 aliphatic carbocycles. The van der Waals surface area contributed by atoms with Crippen molar-refractivity contribution in [1.29, 1.82) is 0 Å². The summed E-state index contributed by atoms with van der Waals surface area (Å²) in [5.74, 6) is 0.182. The van der Waals surface area contributed by atoms with Crippen LogP contribution in [-0.2, 0) is 4.79 Å². The van der Waals surface area contributed by atoms with E-state index in [1.54, 1.807) is 18.2 Å². The molecule has 2 rings (SSSR count). The number of aryl methyl sites for hydroxylation is 1. The van der Waals surface area contributed by atoms with Crippen LogP contribution < -0.4 is 10.2 Å². The highest BCUT2D eigenvalue weighted by Gasteiger charge is 2.08. The molecule has 1 amide bonds. The number of carbonyl (C=O) groups excluding carboxylic acids is 1. The van der Waals surface area contributed by atoms with E-state index in [0.29, 0.717) is 10.6 Å². The number of nitrogens with one attached hydrogen (secondary N) is 1. The maximum atomic E-state index is 11.5. The van der Waals surface area contributed by atoms with Crippen LogP contribution >= 0.6 is 11.3 Å². The Morgan fingerprint density at radius 1 is 1.36 bits per heavy atom. The van der Waals surface area contributed by atoms with Gasteiger partial charge in [0.25, 0.3) is 5.91 Å². The molecule has 0 aliphatic heterocycles. The van der Waals surface area contributed by atoms with E-state index in [0.717, 1.165) is 16.9 Å². The Morgan fingerprint density at radius 3 is 2.73 bits per heavy atom. The second kappa shape index (κ2) is 7.32. The van der Waals surface area contributed by atoms with Gasteiger partial charge in [0.15, 0.2) is 6.61 Å². The van der Waals surface area contributed by atoms with Crippen molar-refractivity contribution < 1.29 is 14.5 Å². The first kappa shape index (κ1) is 15.6. The summed E-state index contributed by atoms with van der Waals surface area (Å²) in [4.78, 5) is 22.2. The van der Waals surface area contributed by atoms with Crippen molar-refractivity contribution in [2.75, 3.05) is 6.61 Å². The second-order valence-corrected chi connectivity index (χ2v) is 5.42. The molecule has 7 nitrogen and oxygen atoms in total. The minimum absolute atomic E-state index is 0.0236. The van der Waals surface area contributed by atoms with Gasteiger partial charge in [-0.1, -0.05) is 29.0 Å². The molecule has 0 fully saturated rings. The summed E-state index contributed by atoms with van der Waals surface area (Å²) in [6.07, 6.45) is 1.35. The second-order valence-electron chi connectivity index (χ2n) is 4.33. The van der Waals surface area contributed by atoms with Crippen LogP contribution in [0.3, 0.4) is 0 Å². The van der Waals surface area contributed by atoms with Crippen molar-refractivity contribution in [2.45, 2.75) is 6.92 Å². The van der Waals surface area contributed by atoms with E-state index in [1.165, 1.54) is 12.3 Å². The lowest BCUT2D eigenvalue weighted by molar-refractivity contribution is -0.380. The van der Waals surface area contributed by atoms with Crippen LogP contribution in [0.1, 0.15) is 10.4 Å². The first-order chi connectivity index (χ1) is 10.5. The molecule has 8 heteroatoms. The monoisotopic (exact) mass is 319 g/mol. The number of carbonyl (C=O) groups is 1. The Morgan fingerprint density at radius 2 is 2.09 bits per heavy atom. The van der Waals surface area contributed by atoms with Gasteiger partial charge in [0.2, 0.25) is 0 Å².